The van der Waals surface area contributed by atoms with Crippen LogP contribution in [0, 0.1) is 16.7 Å². The van der Waals surface area contributed by atoms with E-state index >= 15 is 0 Å². The first kappa shape index (κ1) is 20.8. The largest absolute Gasteiger partial charge is 0.506 e. The predicted octanol–water partition coefficient (Wildman–Crippen LogP) is 5.51. The number of halogens is 4. The third-order valence-electron chi connectivity index (χ3n) is 4.13. The summed E-state index contributed by atoms with van der Waals surface area (Å²) in [7, 11) is 1.89. The topological polar surface area (TPSA) is 87.9 Å². The summed E-state index contributed by atoms with van der Waals surface area (Å²) in [5, 5.41) is 21.5. The lowest BCUT2D eigenvalue weighted by Crippen LogP contribution is -2.04. The molecule has 4 rings (SSSR count). The van der Waals surface area contributed by atoms with Gasteiger partial charge in [0.05, 0.1) is 24.5 Å². The highest BCUT2D eigenvalue weighted by atomic mass is 127. The van der Waals surface area contributed by atoms with Gasteiger partial charge in [0.25, 0.3) is 0 Å². The van der Waals surface area contributed by atoms with Gasteiger partial charge in [-0.25, -0.2) is 9.37 Å². The zero-order chi connectivity index (χ0) is 20.7. The number of anilines is 4. The SMILES string of the molecule is Cn1nc(I)c2cc(Nc3ncc(F)c(Nc4ccc(I)c(O)c4I)n3)ccc21. The molecule has 0 atom stereocenters. The van der Waals surface area contributed by atoms with Crippen molar-refractivity contribution >= 4 is 102 Å². The van der Waals surface area contributed by atoms with E-state index in [-0.39, 0.29) is 17.5 Å². The van der Waals surface area contributed by atoms with Gasteiger partial charge in [0.1, 0.15) is 9.45 Å². The molecule has 0 aliphatic heterocycles. The van der Waals surface area contributed by atoms with Crippen molar-refractivity contribution in [1.29, 1.82) is 0 Å². The lowest BCUT2D eigenvalue weighted by Gasteiger charge is -2.12. The number of phenolic OH excluding ortho intramolecular Hbond substituents is 1. The van der Waals surface area contributed by atoms with E-state index in [4.69, 9.17) is 0 Å². The Balaban J connectivity index is 1.63. The number of hydrogen-bond acceptors (Lipinski definition) is 6. The Hall–Kier alpha value is -1.49. The second-order valence-corrected chi connectivity index (χ2v) is 9.31. The summed E-state index contributed by atoms with van der Waals surface area (Å²) in [4.78, 5) is 8.27. The van der Waals surface area contributed by atoms with Gasteiger partial charge in [-0.2, -0.15) is 10.1 Å². The number of aryl methyl sites for hydroxylation is 1. The first-order valence-corrected chi connectivity index (χ1v) is 11.4. The minimum atomic E-state index is -0.596. The molecular formula is C18H12FI3N6O. The summed E-state index contributed by atoms with van der Waals surface area (Å²) >= 11 is 6.22. The summed E-state index contributed by atoms with van der Waals surface area (Å²) in [5.41, 5.74) is 2.33. The maximum atomic E-state index is 14.3. The molecule has 0 saturated heterocycles. The van der Waals surface area contributed by atoms with Crippen LogP contribution in [0.5, 0.6) is 5.75 Å². The molecule has 0 saturated carbocycles. The van der Waals surface area contributed by atoms with Gasteiger partial charge in [0.15, 0.2) is 11.6 Å². The number of nitrogens with zero attached hydrogens (tertiary/aromatic N) is 4. The van der Waals surface area contributed by atoms with Gasteiger partial charge in [-0.1, -0.05) is 0 Å². The quantitative estimate of drug-likeness (QED) is 0.241. The third-order valence-corrected chi connectivity index (χ3v) is 6.88. The van der Waals surface area contributed by atoms with Crippen LogP contribution in [0.2, 0.25) is 0 Å². The average Bonchev–Trinajstić information content (AvgIpc) is 2.98. The molecule has 2 heterocycles. The van der Waals surface area contributed by atoms with Gasteiger partial charge in [-0.05, 0) is 98.1 Å². The van der Waals surface area contributed by atoms with Gasteiger partial charge >= 0.3 is 0 Å². The van der Waals surface area contributed by atoms with Crippen LogP contribution in [0.15, 0.2) is 36.5 Å². The molecule has 0 radical (unpaired) electrons. The molecule has 3 N–H and O–H groups in total. The lowest BCUT2D eigenvalue weighted by atomic mass is 10.2. The Labute approximate surface area is 205 Å². The van der Waals surface area contributed by atoms with E-state index < -0.39 is 5.82 Å². The van der Waals surface area contributed by atoms with E-state index in [0.29, 0.717) is 12.8 Å². The van der Waals surface area contributed by atoms with Crippen molar-refractivity contribution in [2.75, 3.05) is 10.6 Å². The van der Waals surface area contributed by atoms with Crippen molar-refractivity contribution in [3.05, 3.63) is 53.2 Å². The number of rotatable bonds is 4. The second kappa shape index (κ2) is 8.33. The van der Waals surface area contributed by atoms with Crippen molar-refractivity contribution in [2.24, 2.45) is 7.05 Å². The molecule has 0 spiro atoms. The Morgan fingerprint density at radius 2 is 1.90 bits per heavy atom. The zero-order valence-electron chi connectivity index (χ0n) is 14.7. The number of nitrogens with one attached hydrogen (secondary N) is 2. The zero-order valence-corrected chi connectivity index (χ0v) is 21.2. The van der Waals surface area contributed by atoms with E-state index in [1.165, 1.54) is 0 Å². The van der Waals surface area contributed by atoms with Crippen LogP contribution in [-0.4, -0.2) is 24.9 Å². The standard InChI is InChI=1S/C18H12FI3N6O/c1-28-13-5-2-8(6-9(13)16(22)27-28)24-18-23-7-10(19)17(26-18)25-12-4-3-11(20)15(29)14(12)21/h2-7,29H,1H3,(H2,23,24,25,26). The normalized spacial score (nSPS) is 11.1. The Bertz CT molecular complexity index is 1250. The molecule has 0 aliphatic carbocycles. The molecule has 0 bridgehead atoms. The third kappa shape index (κ3) is 4.21. The molecule has 0 fully saturated rings. The molecule has 2 aromatic carbocycles. The highest BCUT2D eigenvalue weighted by Crippen LogP contribution is 2.34. The number of phenols is 1. The van der Waals surface area contributed by atoms with Crippen LogP contribution >= 0.6 is 67.8 Å². The number of hydrogen-bond donors (Lipinski definition) is 3. The van der Waals surface area contributed by atoms with Crippen molar-refractivity contribution < 1.29 is 9.50 Å². The molecular weight excluding hydrogens is 716 g/mol. The summed E-state index contributed by atoms with van der Waals surface area (Å²) in [6.45, 7) is 0. The summed E-state index contributed by atoms with van der Waals surface area (Å²) in [5.74, 6) is -0.194. The lowest BCUT2D eigenvalue weighted by molar-refractivity contribution is 0.468. The number of benzene rings is 2. The first-order chi connectivity index (χ1) is 13.8. The number of fused-ring (bicyclic) bond motifs is 1. The van der Waals surface area contributed by atoms with E-state index in [2.05, 4.69) is 48.3 Å². The van der Waals surface area contributed by atoms with E-state index in [0.717, 1.165) is 26.5 Å². The maximum Gasteiger partial charge on any atom is 0.229 e. The van der Waals surface area contributed by atoms with Gasteiger partial charge in [0.2, 0.25) is 5.95 Å². The van der Waals surface area contributed by atoms with Crippen LogP contribution in [0.3, 0.4) is 0 Å². The van der Waals surface area contributed by atoms with Crippen LogP contribution in [0.4, 0.5) is 27.5 Å². The van der Waals surface area contributed by atoms with Gasteiger partial charge in [-0.3, -0.25) is 4.68 Å². The van der Waals surface area contributed by atoms with Gasteiger partial charge in [0, 0.05) is 18.1 Å². The molecule has 0 aliphatic rings. The summed E-state index contributed by atoms with van der Waals surface area (Å²) < 4.78 is 18.3. The van der Waals surface area contributed by atoms with E-state index in [1.54, 1.807) is 12.1 Å². The minimum absolute atomic E-state index is 0.0121. The summed E-state index contributed by atoms with van der Waals surface area (Å²) in [6, 6.07) is 9.29. The Morgan fingerprint density at radius 1 is 1.10 bits per heavy atom. The maximum absolute atomic E-state index is 14.3. The molecule has 29 heavy (non-hydrogen) atoms. The van der Waals surface area contributed by atoms with Crippen molar-refractivity contribution in [3.63, 3.8) is 0 Å². The van der Waals surface area contributed by atoms with Gasteiger partial charge < -0.3 is 15.7 Å². The fraction of sp³-hybridized carbons (Fsp3) is 0.0556. The van der Waals surface area contributed by atoms with Crippen molar-refractivity contribution in [1.82, 2.24) is 19.7 Å². The summed E-state index contributed by atoms with van der Waals surface area (Å²) in [6.07, 6.45) is 1.10. The predicted molar refractivity (Wildman–Crippen MR) is 136 cm³/mol. The fourth-order valence-electron chi connectivity index (χ4n) is 2.71. The van der Waals surface area contributed by atoms with E-state index in [9.17, 15) is 9.50 Å². The Kier molecular flexibility index (Phi) is 5.97. The second-order valence-electron chi connectivity index (χ2n) is 6.04. The molecule has 7 nitrogen and oxygen atoms in total. The smallest absolute Gasteiger partial charge is 0.229 e. The van der Waals surface area contributed by atoms with E-state index in [1.807, 2.05) is 75.1 Å². The highest BCUT2D eigenvalue weighted by molar-refractivity contribution is 14.1. The Morgan fingerprint density at radius 3 is 2.69 bits per heavy atom. The van der Waals surface area contributed by atoms with Crippen molar-refractivity contribution in [3.8, 4) is 5.75 Å². The van der Waals surface area contributed by atoms with Crippen molar-refractivity contribution in [2.45, 2.75) is 0 Å². The minimum Gasteiger partial charge on any atom is -0.506 e. The molecule has 11 heteroatoms. The monoisotopic (exact) mass is 728 g/mol. The molecule has 4 aromatic rings. The van der Waals surface area contributed by atoms with Crippen LogP contribution in [-0.2, 0) is 7.05 Å². The molecule has 148 valence electrons. The molecule has 0 unspecified atom stereocenters. The van der Waals surface area contributed by atoms with Crippen LogP contribution in [0.1, 0.15) is 0 Å². The number of aromatic nitrogens is 4. The fourth-order valence-corrected chi connectivity index (χ4v) is 5.04. The van der Waals surface area contributed by atoms with Crippen LogP contribution < -0.4 is 10.6 Å². The highest BCUT2D eigenvalue weighted by Gasteiger charge is 2.13. The average molecular weight is 728 g/mol. The molecule has 2 aromatic heterocycles. The number of aromatic hydroxyl groups is 1. The van der Waals surface area contributed by atoms with Crippen LogP contribution in [0.25, 0.3) is 10.9 Å². The van der Waals surface area contributed by atoms with Gasteiger partial charge in [-0.15, -0.1) is 0 Å². The first-order valence-electron chi connectivity index (χ1n) is 8.19. The molecule has 0 amide bonds.